The lowest BCUT2D eigenvalue weighted by atomic mass is 9.98. The number of rotatable bonds is 3. The number of carboxylic acids is 1. The Labute approximate surface area is 131 Å². The van der Waals surface area contributed by atoms with E-state index < -0.39 is 23.3 Å². The molecule has 0 bridgehead atoms. The van der Waals surface area contributed by atoms with Gasteiger partial charge in [-0.2, -0.15) is 0 Å². The number of hydrogen-bond donors (Lipinski definition) is 2. The Balaban J connectivity index is 2.19. The zero-order valence-corrected chi connectivity index (χ0v) is 11.9. The van der Waals surface area contributed by atoms with Crippen LogP contribution in [0, 0.1) is 0 Å². The van der Waals surface area contributed by atoms with Crippen LogP contribution in [-0.2, 0) is 0 Å². The summed E-state index contributed by atoms with van der Waals surface area (Å²) < 4.78 is 5.24. The van der Waals surface area contributed by atoms with E-state index in [2.05, 4.69) is 0 Å². The zero-order valence-electron chi connectivity index (χ0n) is 11.9. The number of aromatic carboxylic acids is 1. The molecule has 3 rings (SSSR count). The van der Waals surface area contributed by atoms with Gasteiger partial charge < -0.3 is 14.9 Å². The summed E-state index contributed by atoms with van der Waals surface area (Å²) >= 11 is 0. The van der Waals surface area contributed by atoms with Crippen LogP contribution in [0.4, 0.5) is 0 Å². The van der Waals surface area contributed by atoms with Gasteiger partial charge in [0.1, 0.15) is 17.1 Å². The number of carbonyl (C=O) groups is 2. The maximum absolute atomic E-state index is 12.5. The number of esters is 1. The molecular formula is C18H12O5. The molecule has 0 aliphatic carbocycles. The average molecular weight is 308 g/mol. The minimum Gasteiger partial charge on any atom is -0.507 e. The van der Waals surface area contributed by atoms with Gasteiger partial charge in [-0.05, 0) is 29.0 Å². The second-order valence-electron chi connectivity index (χ2n) is 4.87. The van der Waals surface area contributed by atoms with Crippen molar-refractivity contribution >= 4 is 22.7 Å². The third-order valence-corrected chi connectivity index (χ3v) is 3.40. The highest BCUT2D eigenvalue weighted by Gasteiger charge is 2.25. The number of phenols is 1. The summed E-state index contributed by atoms with van der Waals surface area (Å²) in [6, 6.07) is 16.4. The molecule has 0 amide bonds. The molecule has 0 heterocycles. The normalized spacial score (nSPS) is 10.4. The fourth-order valence-corrected chi connectivity index (χ4v) is 2.41. The first kappa shape index (κ1) is 14.6. The Kier molecular flexibility index (Phi) is 3.68. The van der Waals surface area contributed by atoms with Crippen LogP contribution in [0.15, 0.2) is 60.7 Å². The lowest BCUT2D eigenvalue weighted by Crippen LogP contribution is -2.15. The highest BCUT2D eigenvalue weighted by Crippen LogP contribution is 2.31. The van der Waals surface area contributed by atoms with Gasteiger partial charge in [-0.15, -0.1) is 0 Å². The lowest BCUT2D eigenvalue weighted by molar-refractivity contribution is 0.0666. The van der Waals surface area contributed by atoms with E-state index in [4.69, 9.17) is 4.74 Å². The third-order valence-electron chi connectivity index (χ3n) is 3.40. The molecule has 5 nitrogen and oxygen atoms in total. The topological polar surface area (TPSA) is 83.8 Å². The van der Waals surface area contributed by atoms with Crippen LogP contribution in [0.3, 0.4) is 0 Å². The van der Waals surface area contributed by atoms with Crippen molar-refractivity contribution in [3.8, 4) is 11.5 Å². The van der Waals surface area contributed by atoms with E-state index >= 15 is 0 Å². The number of ether oxygens (including phenoxy) is 1. The molecule has 23 heavy (non-hydrogen) atoms. The highest BCUT2D eigenvalue weighted by molar-refractivity contribution is 6.14. The Bertz CT molecular complexity index is 900. The minimum atomic E-state index is -1.40. The fraction of sp³-hybridized carbons (Fsp3) is 0. The third kappa shape index (κ3) is 2.72. The fourth-order valence-electron chi connectivity index (χ4n) is 2.41. The van der Waals surface area contributed by atoms with Gasteiger partial charge in [0, 0.05) is 0 Å². The van der Waals surface area contributed by atoms with Crippen molar-refractivity contribution in [2.75, 3.05) is 0 Å². The van der Waals surface area contributed by atoms with Crippen LogP contribution in [0.2, 0.25) is 0 Å². The second-order valence-corrected chi connectivity index (χ2v) is 4.87. The quantitative estimate of drug-likeness (QED) is 0.572. The van der Waals surface area contributed by atoms with E-state index in [1.165, 1.54) is 6.07 Å². The van der Waals surface area contributed by atoms with Crippen molar-refractivity contribution in [2.24, 2.45) is 0 Å². The van der Waals surface area contributed by atoms with Crippen molar-refractivity contribution in [2.45, 2.75) is 0 Å². The maximum atomic E-state index is 12.5. The summed E-state index contributed by atoms with van der Waals surface area (Å²) in [6.45, 7) is 0. The Morgan fingerprint density at radius 3 is 2.22 bits per heavy atom. The smallest absolute Gasteiger partial charge is 0.345 e. The first-order valence-electron chi connectivity index (χ1n) is 6.83. The van der Waals surface area contributed by atoms with Crippen LogP contribution in [0.1, 0.15) is 20.7 Å². The molecule has 0 radical (unpaired) electrons. The summed E-state index contributed by atoms with van der Waals surface area (Å²) in [7, 11) is 0. The van der Waals surface area contributed by atoms with Gasteiger partial charge in [-0.25, -0.2) is 9.59 Å². The number of para-hydroxylation sites is 1. The molecule has 0 saturated carbocycles. The predicted molar refractivity (Wildman–Crippen MR) is 84.0 cm³/mol. The number of carboxylic acid groups (broad SMARTS) is 1. The van der Waals surface area contributed by atoms with Gasteiger partial charge in [0.2, 0.25) is 0 Å². The molecule has 5 heteroatoms. The molecule has 0 unspecified atom stereocenters. The molecule has 3 aromatic rings. The van der Waals surface area contributed by atoms with Gasteiger partial charge in [0.25, 0.3) is 0 Å². The lowest BCUT2D eigenvalue weighted by Gasteiger charge is -2.12. The zero-order chi connectivity index (χ0) is 16.4. The maximum Gasteiger partial charge on any atom is 0.345 e. The molecule has 0 aliphatic heterocycles. The van der Waals surface area contributed by atoms with Crippen LogP contribution < -0.4 is 4.74 Å². The van der Waals surface area contributed by atoms with Gasteiger partial charge in [-0.3, -0.25) is 0 Å². The molecule has 0 spiro atoms. The van der Waals surface area contributed by atoms with Gasteiger partial charge in [0.05, 0.1) is 5.56 Å². The van der Waals surface area contributed by atoms with Crippen molar-refractivity contribution in [3.05, 3.63) is 71.8 Å². The summed E-state index contributed by atoms with van der Waals surface area (Å²) in [5.74, 6) is -2.41. The molecular weight excluding hydrogens is 296 g/mol. The average Bonchev–Trinajstić information content (AvgIpc) is 2.54. The summed E-state index contributed by atoms with van der Waals surface area (Å²) in [5.41, 5.74) is -0.637. The molecule has 0 fully saturated rings. The Morgan fingerprint density at radius 1 is 0.870 bits per heavy atom. The van der Waals surface area contributed by atoms with Crippen LogP contribution >= 0.6 is 0 Å². The van der Waals surface area contributed by atoms with Gasteiger partial charge >= 0.3 is 11.9 Å². The van der Waals surface area contributed by atoms with E-state index in [0.29, 0.717) is 16.5 Å². The van der Waals surface area contributed by atoms with E-state index in [0.717, 1.165) is 0 Å². The molecule has 0 atom stereocenters. The summed E-state index contributed by atoms with van der Waals surface area (Å²) in [6.07, 6.45) is 0. The minimum absolute atomic E-state index is 0.169. The summed E-state index contributed by atoms with van der Waals surface area (Å²) in [5, 5.41) is 20.3. The Hall–Kier alpha value is -3.34. The van der Waals surface area contributed by atoms with Gasteiger partial charge in [-0.1, -0.05) is 42.5 Å². The van der Waals surface area contributed by atoms with Crippen LogP contribution in [-0.4, -0.2) is 22.2 Å². The number of hydrogen-bond acceptors (Lipinski definition) is 4. The highest BCUT2D eigenvalue weighted by atomic mass is 16.5. The first-order valence-corrected chi connectivity index (χ1v) is 6.83. The number of benzene rings is 3. The molecule has 3 aromatic carbocycles. The summed E-state index contributed by atoms with van der Waals surface area (Å²) in [4.78, 5) is 24.0. The molecule has 2 N–H and O–H groups in total. The van der Waals surface area contributed by atoms with E-state index in [1.54, 1.807) is 54.6 Å². The SMILES string of the molecule is O=C(O)c1c(O)cc2ccccc2c1C(=O)Oc1ccccc1. The van der Waals surface area contributed by atoms with Gasteiger partial charge in [0.15, 0.2) is 0 Å². The second kappa shape index (κ2) is 5.81. The number of carbonyl (C=O) groups excluding carboxylic acids is 1. The number of fused-ring (bicyclic) bond motifs is 1. The van der Waals surface area contributed by atoms with Crippen molar-refractivity contribution < 1.29 is 24.5 Å². The van der Waals surface area contributed by atoms with Crippen molar-refractivity contribution in [3.63, 3.8) is 0 Å². The van der Waals surface area contributed by atoms with E-state index in [-0.39, 0.29) is 5.56 Å². The van der Waals surface area contributed by atoms with Crippen LogP contribution in [0.25, 0.3) is 10.8 Å². The predicted octanol–water partition coefficient (Wildman–Crippen LogP) is 3.46. The van der Waals surface area contributed by atoms with E-state index in [9.17, 15) is 19.8 Å². The molecule has 0 saturated heterocycles. The van der Waals surface area contributed by atoms with E-state index in [1.807, 2.05) is 0 Å². The molecule has 0 aromatic heterocycles. The molecule has 114 valence electrons. The van der Waals surface area contributed by atoms with Crippen molar-refractivity contribution in [1.82, 2.24) is 0 Å². The molecule has 0 aliphatic rings. The standard InChI is InChI=1S/C18H12O5/c19-14-10-11-6-4-5-9-13(11)15(16(14)17(20)21)18(22)23-12-7-2-1-3-8-12/h1-10,19H,(H,20,21). The Morgan fingerprint density at radius 2 is 1.52 bits per heavy atom. The largest absolute Gasteiger partial charge is 0.507 e. The van der Waals surface area contributed by atoms with Crippen molar-refractivity contribution in [1.29, 1.82) is 0 Å². The van der Waals surface area contributed by atoms with Crippen LogP contribution in [0.5, 0.6) is 11.5 Å². The monoisotopic (exact) mass is 308 g/mol. The first-order chi connectivity index (χ1) is 11.1. The number of aromatic hydroxyl groups is 1.